The van der Waals surface area contributed by atoms with Gasteiger partial charge in [-0.05, 0) is 49.7 Å². The van der Waals surface area contributed by atoms with E-state index in [0.29, 0.717) is 24.1 Å². The van der Waals surface area contributed by atoms with Crippen LogP contribution in [0.5, 0.6) is 0 Å². The molecule has 0 spiro atoms. The molecule has 1 heterocycles. The van der Waals surface area contributed by atoms with Crippen molar-refractivity contribution in [1.82, 2.24) is 4.98 Å². The van der Waals surface area contributed by atoms with E-state index in [1.165, 1.54) is 4.90 Å². The fraction of sp³-hybridized carbons (Fsp3) is 0.571. The fourth-order valence-electron chi connectivity index (χ4n) is 2.66. The SMILES string of the molecule is O=C(O)N(CC1CCC(CO)CC1)c1cccnc1. The van der Waals surface area contributed by atoms with Crippen LogP contribution in [0.3, 0.4) is 0 Å². The van der Waals surface area contributed by atoms with Gasteiger partial charge < -0.3 is 10.2 Å². The second kappa shape index (κ2) is 6.52. The molecule has 0 saturated heterocycles. The van der Waals surface area contributed by atoms with Crippen molar-refractivity contribution in [3.8, 4) is 0 Å². The predicted molar refractivity (Wildman–Crippen MR) is 72.1 cm³/mol. The van der Waals surface area contributed by atoms with Gasteiger partial charge in [0.2, 0.25) is 0 Å². The van der Waals surface area contributed by atoms with Crippen molar-refractivity contribution in [2.24, 2.45) is 11.8 Å². The Morgan fingerprint density at radius 3 is 2.53 bits per heavy atom. The molecule has 19 heavy (non-hydrogen) atoms. The number of aliphatic hydroxyl groups is 1. The van der Waals surface area contributed by atoms with Gasteiger partial charge in [-0.3, -0.25) is 9.88 Å². The molecule has 1 aromatic rings. The molecule has 5 nitrogen and oxygen atoms in total. The Hall–Kier alpha value is -1.62. The predicted octanol–water partition coefficient (Wildman–Crippen LogP) is 2.36. The lowest BCUT2D eigenvalue weighted by molar-refractivity contribution is 0.165. The van der Waals surface area contributed by atoms with Crippen molar-refractivity contribution in [1.29, 1.82) is 0 Å². The number of pyridine rings is 1. The first-order valence-corrected chi connectivity index (χ1v) is 6.72. The molecule has 5 heteroatoms. The van der Waals surface area contributed by atoms with Crippen LogP contribution < -0.4 is 4.90 Å². The molecule has 104 valence electrons. The topological polar surface area (TPSA) is 73.7 Å². The van der Waals surface area contributed by atoms with E-state index in [-0.39, 0.29) is 6.61 Å². The molecular weight excluding hydrogens is 244 g/mol. The summed E-state index contributed by atoms with van der Waals surface area (Å²) in [7, 11) is 0. The minimum Gasteiger partial charge on any atom is -0.465 e. The second-order valence-electron chi connectivity index (χ2n) is 5.17. The van der Waals surface area contributed by atoms with Gasteiger partial charge in [0.1, 0.15) is 0 Å². The molecule has 0 aliphatic heterocycles. The number of anilines is 1. The molecular formula is C14H20N2O3. The maximum absolute atomic E-state index is 11.4. The number of aromatic nitrogens is 1. The molecule has 0 radical (unpaired) electrons. The zero-order valence-electron chi connectivity index (χ0n) is 10.9. The van der Waals surface area contributed by atoms with Gasteiger partial charge in [-0.2, -0.15) is 0 Å². The Balaban J connectivity index is 1.97. The summed E-state index contributed by atoms with van der Waals surface area (Å²) in [5.74, 6) is 0.770. The van der Waals surface area contributed by atoms with E-state index in [4.69, 9.17) is 5.11 Å². The van der Waals surface area contributed by atoms with Gasteiger partial charge in [0.05, 0.1) is 11.9 Å². The maximum Gasteiger partial charge on any atom is 0.411 e. The monoisotopic (exact) mass is 264 g/mol. The smallest absolute Gasteiger partial charge is 0.411 e. The first-order chi connectivity index (χ1) is 9.20. The van der Waals surface area contributed by atoms with Crippen molar-refractivity contribution in [3.63, 3.8) is 0 Å². The van der Waals surface area contributed by atoms with E-state index < -0.39 is 6.09 Å². The summed E-state index contributed by atoms with van der Waals surface area (Å²) in [6.07, 6.45) is 6.22. The highest BCUT2D eigenvalue weighted by atomic mass is 16.4. The summed E-state index contributed by atoms with van der Waals surface area (Å²) in [6.45, 7) is 0.761. The van der Waals surface area contributed by atoms with Gasteiger partial charge in [0, 0.05) is 19.3 Å². The molecule has 0 bridgehead atoms. The molecule has 0 aromatic carbocycles. The number of rotatable bonds is 4. The molecule has 1 aromatic heterocycles. The average Bonchev–Trinajstić information content (AvgIpc) is 2.46. The number of amides is 1. The van der Waals surface area contributed by atoms with E-state index in [0.717, 1.165) is 25.7 Å². The lowest BCUT2D eigenvalue weighted by atomic mass is 9.82. The minimum atomic E-state index is -0.933. The van der Waals surface area contributed by atoms with Crippen molar-refractivity contribution < 1.29 is 15.0 Å². The van der Waals surface area contributed by atoms with Gasteiger partial charge in [0.25, 0.3) is 0 Å². The summed E-state index contributed by atoms with van der Waals surface area (Å²) in [5.41, 5.74) is 0.624. The largest absolute Gasteiger partial charge is 0.465 e. The Labute approximate surface area is 112 Å². The first kappa shape index (κ1) is 13.8. The van der Waals surface area contributed by atoms with Crippen LogP contribution in [0.25, 0.3) is 0 Å². The minimum absolute atomic E-state index is 0.248. The van der Waals surface area contributed by atoms with Crippen molar-refractivity contribution in [2.45, 2.75) is 25.7 Å². The van der Waals surface area contributed by atoms with Crippen molar-refractivity contribution >= 4 is 11.8 Å². The van der Waals surface area contributed by atoms with E-state index in [1.807, 2.05) is 0 Å². The summed E-state index contributed by atoms with van der Waals surface area (Å²) < 4.78 is 0. The Morgan fingerprint density at radius 1 is 1.32 bits per heavy atom. The van der Waals surface area contributed by atoms with Crippen LogP contribution in [-0.2, 0) is 0 Å². The summed E-state index contributed by atoms with van der Waals surface area (Å²) in [5, 5.41) is 18.4. The fourth-order valence-corrected chi connectivity index (χ4v) is 2.66. The molecule has 2 rings (SSSR count). The zero-order chi connectivity index (χ0) is 13.7. The van der Waals surface area contributed by atoms with Crippen molar-refractivity contribution in [3.05, 3.63) is 24.5 Å². The van der Waals surface area contributed by atoms with Gasteiger partial charge in [-0.15, -0.1) is 0 Å². The van der Waals surface area contributed by atoms with E-state index in [1.54, 1.807) is 24.5 Å². The zero-order valence-corrected chi connectivity index (χ0v) is 10.9. The molecule has 2 N–H and O–H groups in total. The van der Waals surface area contributed by atoms with Crippen molar-refractivity contribution in [2.75, 3.05) is 18.1 Å². The number of aliphatic hydroxyl groups excluding tert-OH is 1. The summed E-state index contributed by atoms with van der Waals surface area (Å²) >= 11 is 0. The molecule has 1 amide bonds. The van der Waals surface area contributed by atoms with Crippen LogP contribution in [0.15, 0.2) is 24.5 Å². The standard InChI is InChI=1S/C14H20N2O3/c17-10-12-5-3-11(4-6-12)9-16(14(18)19)13-2-1-7-15-8-13/h1-2,7-8,11-12,17H,3-6,9-10H2,(H,18,19). The number of hydrogen-bond donors (Lipinski definition) is 2. The highest BCUT2D eigenvalue weighted by Gasteiger charge is 2.25. The summed E-state index contributed by atoms with van der Waals surface area (Å²) in [4.78, 5) is 16.7. The van der Waals surface area contributed by atoms with Crippen LogP contribution in [0, 0.1) is 11.8 Å². The number of carbonyl (C=O) groups is 1. The van der Waals surface area contributed by atoms with E-state index >= 15 is 0 Å². The Kier molecular flexibility index (Phi) is 4.74. The molecule has 1 fully saturated rings. The van der Waals surface area contributed by atoms with Gasteiger partial charge in [-0.25, -0.2) is 4.79 Å². The van der Waals surface area contributed by atoms with E-state index in [9.17, 15) is 9.90 Å². The van der Waals surface area contributed by atoms with Gasteiger partial charge >= 0.3 is 6.09 Å². The average molecular weight is 264 g/mol. The number of nitrogens with zero attached hydrogens (tertiary/aromatic N) is 2. The lowest BCUT2D eigenvalue weighted by Crippen LogP contribution is -2.35. The quantitative estimate of drug-likeness (QED) is 0.875. The van der Waals surface area contributed by atoms with Gasteiger partial charge in [0.15, 0.2) is 0 Å². The number of carboxylic acid groups (broad SMARTS) is 1. The molecule has 0 unspecified atom stereocenters. The first-order valence-electron chi connectivity index (χ1n) is 6.72. The van der Waals surface area contributed by atoms with Crippen LogP contribution in [0.1, 0.15) is 25.7 Å². The highest BCUT2D eigenvalue weighted by molar-refractivity contribution is 5.85. The summed E-state index contributed by atoms with van der Waals surface area (Å²) in [6, 6.07) is 3.51. The lowest BCUT2D eigenvalue weighted by Gasteiger charge is -2.30. The second-order valence-corrected chi connectivity index (χ2v) is 5.17. The maximum atomic E-state index is 11.4. The third kappa shape index (κ3) is 3.67. The molecule has 1 saturated carbocycles. The molecule has 1 aliphatic rings. The third-order valence-electron chi connectivity index (χ3n) is 3.85. The van der Waals surface area contributed by atoms with Crippen LogP contribution in [0.4, 0.5) is 10.5 Å². The normalized spacial score (nSPS) is 23.0. The Bertz CT molecular complexity index is 402. The van der Waals surface area contributed by atoms with Gasteiger partial charge in [-0.1, -0.05) is 0 Å². The third-order valence-corrected chi connectivity index (χ3v) is 3.85. The van der Waals surface area contributed by atoms with E-state index in [2.05, 4.69) is 4.98 Å². The number of hydrogen-bond acceptors (Lipinski definition) is 3. The van der Waals surface area contributed by atoms with Crippen LogP contribution in [-0.4, -0.2) is 34.4 Å². The van der Waals surface area contributed by atoms with Crippen LogP contribution >= 0.6 is 0 Å². The molecule has 1 aliphatic carbocycles. The highest BCUT2D eigenvalue weighted by Crippen LogP contribution is 2.30. The van der Waals surface area contributed by atoms with Crippen LogP contribution in [0.2, 0.25) is 0 Å². The Morgan fingerprint density at radius 2 is 2.00 bits per heavy atom. The molecule has 0 atom stereocenters.